The van der Waals surface area contributed by atoms with Crippen molar-refractivity contribution in [1.82, 2.24) is 9.97 Å². The van der Waals surface area contributed by atoms with Crippen molar-refractivity contribution in [3.8, 4) is 0 Å². The molecule has 2 rings (SSSR count). The van der Waals surface area contributed by atoms with E-state index in [1.54, 1.807) is 6.33 Å². The van der Waals surface area contributed by atoms with Gasteiger partial charge in [0.15, 0.2) is 0 Å². The van der Waals surface area contributed by atoms with Crippen LogP contribution in [0.15, 0.2) is 6.33 Å². The largest absolute Gasteiger partial charge is 0.373 e. The Balaban J connectivity index is 2.11. The fourth-order valence-corrected chi connectivity index (χ4v) is 3.31. The van der Waals surface area contributed by atoms with Crippen LogP contribution < -0.4 is 10.6 Å². The Kier molecular flexibility index (Phi) is 3.94. The molecule has 1 aromatic heterocycles. The van der Waals surface area contributed by atoms with Crippen LogP contribution in [0.1, 0.15) is 46.6 Å². The molecule has 1 heterocycles. The normalized spacial score (nSPS) is 19.7. The van der Waals surface area contributed by atoms with E-state index in [0.717, 1.165) is 31.0 Å². The fraction of sp³-hybridized carbons (Fsp3) is 0.750. The van der Waals surface area contributed by atoms with Crippen LogP contribution in [-0.2, 0) is 6.42 Å². The number of hydrogen-bond acceptors (Lipinski definition) is 4. The molecule has 0 radical (unpaired) electrons. The summed E-state index contributed by atoms with van der Waals surface area (Å²) in [6, 6.07) is 0. The summed E-state index contributed by atoms with van der Waals surface area (Å²) in [6.45, 7) is 12.6. The lowest BCUT2D eigenvalue weighted by Gasteiger charge is -2.14. The van der Waals surface area contributed by atoms with Gasteiger partial charge in [-0.1, -0.05) is 41.0 Å². The lowest BCUT2D eigenvalue weighted by atomic mass is 10.0. The molecule has 4 heteroatoms. The molecule has 4 nitrogen and oxygen atoms in total. The summed E-state index contributed by atoms with van der Waals surface area (Å²) >= 11 is 0. The monoisotopic (exact) mass is 276 g/mol. The number of nitrogens with one attached hydrogen (secondary N) is 2. The molecule has 0 aromatic carbocycles. The quantitative estimate of drug-likeness (QED) is 0.834. The maximum Gasteiger partial charge on any atom is 0.134 e. The predicted molar refractivity (Wildman–Crippen MR) is 85.1 cm³/mol. The zero-order valence-electron chi connectivity index (χ0n) is 13.7. The molecular weight excluding hydrogens is 248 g/mol. The highest BCUT2D eigenvalue weighted by molar-refractivity contribution is 5.57. The first kappa shape index (κ1) is 15.1. The van der Waals surface area contributed by atoms with Gasteiger partial charge in [-0.25, -0.2) is 9.97 Å². The summed E-state index contributed by atoms with van der Waals surface area (Å²) in [5.74, 6) is 2.63. The van der Waals surface area contributed by atoms with Gasteiger partial charge in [-0.15, -0.1) is 0 Å². The van der Waals surface area contributed by atoms with Crippen LogP contribution in [0.3, 0.4) is 0 Å². The average Bonchev–Trinajstić information content (AvgIpc) is 2.79. The molecule has 0 spiro atoms. The second-order valence-electron chi connectivity index (χ2n) is 6.93. The lowest BCUT2D eigenvalue weighted by Crippen LogP contribution is -2.13. The first-order valence-electron chi connectivity index (χ1n) is 7.61. The summed E-state index contributed by atoms with van der Waals surface area (Å²) in [5.41, 5.74) is 2.02. The third kappa shape index (κ3) is 2.36. The van der Waals surface area contributed by atoms with E-state index in [0.29, 0.717) is 16.7 Å². The molecule has 0 unspecified atom stereocenters. The molecule has 0 saturated heterocycles. The van der Waals surface area contributed by atoms with Crippen molar-refractivity contribution in [2.45, 2.75) is 47.5 Å². The molecule has 2 N–H and O–H groups in total. The van der Waals surface area contributed by atoms with E-state index in [1.165, 1.54) is 5.56 Å². The predicted octanol–water partition coefficient (Wildman–Crippen LogP) is 3.56. The number of nitrogens with zero attached hydrogens (tertiary/aromatic N) is 2. The van der Waals surface area contributed by atoms with Gasteiger partial charge in [-0.3, -0.25) is 0 Å². The summed E-state index contributed by atoms with van der Waals surface area (Å²) in [6.07, 6.45) is 3.73. The minimum atomic E-state index is 0.407. The van der Waals surface area contributed by atoms with Crippen molar-refractivity contribution >= 4 is 11.6 Å². The lowest BCUT2D eigenvalue weighted by molar-refractivity contribution is 0.457. The van der Waals surface area contributed by atoms with E-state index in [2.05, 4.69) is 55.2 Å². The van der Waals surface area contributed by atoms with E-state index in [4.69, 9.17) is 0 Å². The van der Waals surface area contributed by atoms with Gasteiger partial charge in [0.25, 0.3) is 0 Å². The van der Waals surface area contributed by atoms with Crippen LogP contribution in [-0.4, -0.2) is 23.6 Å². The van der Waals surface area contributed by atoms with Crippen molar-refractivity contribution in [2.24, 2.45) is 16.7 Å². The van der Waals surface area contributed by atoms with Gasteiger partial charge in [0.05, 0.1) is 0 Å². The second-order valence-corrected chi connectivity index (χ2v) is 6.93. The second kappa shape index (κ2) is 5.23. The summed E-state index contributed by atoms with van der Waals surface area (Å²) < 4.78 is 0. The molecule has 0 atom stereocenters. The number of anilines is 2. The molecule has 112 valence electrons. The average molecular weight is 276 g/mol. The van der Waals surface area contributed by atoms with E-state index in [1.807, 2.05) is 7.05 Å². The molecule has 1 fully saturated rings. The maximum atomic E-state index is 4.44. The molecule has 0 aliphatic heterocycles. The Bertz CT molecular complexity index is 465. The molecule has 20 heavy (non-hydrogen) atoms. The van der Waals surface area contributed by atoms with Crippen LogP contribution >= 0.6 is 0 Å². The van der Waals surface area contributed by atoms with E-state index in [-0.39, 0.29) is 0 Å². The maximum absolute atomic E-state index is 4.44. The standard InChI is InChI=1S/C16H28N4/c1-7-8-11-13(17-6)19-10-20-14(11)18-9-12-15(2,3)16(12,4)5/h10,12H,7-9H2,1-6H3,(H2,17,18,19,20). The Morgan fingerprint density at radius 2 is 1.70 bits per heavy atom. The van der Waals surface area contributed by atoms with Crippen LogP contribution in [0, 0.1) is 16.7 Å². The molecule has 1 saturated carbocycles. The zero-order chi connectivity index (χ0) is 15.0. The fourth-order valence-electron chi connectivity index (χ4n) is 3.31. The van der Waals surface area contributed by atoms with E-state index >= 15 is 0 Å². The van der Waals surface area contributed by atoms with Gasteiger partial charge in [0.2, 0.25) is 0 Å². The molecule has 1 aliphatic rings. The van der Waals surface area contributed by atoms with Gasteiger partial charge in [0, 0.05) is 19.2 Å². The molecule has 1 aliphatic carbocycles. The van der Waals surface area contributed by atoms with Gasteiger partial charge in [-0.05, 0) is 23.2 Å². The highest BCUT2D eigenvalue weighted by Crippen LogP contribution is 2.68. The number of aromatic nitrogens is 2. The molecule has 0 bridgehead atoms. The SMILES string of the molecule is CCCc1c(NC)ncnc1NCC1C(C)(C)C1(C)C. The number of rotatable bonds is 6. The minimum Gasteiger partial charge on any atom is -0.373 e. The van der Waals surface area contributed by atoms with E-state index < -0.39 is 0 Å². The van der Waals surface area contributed by atoms with Crippen LogP contribution in [0.4, 0.5) is 11.6 Å². The highest BCUT2D eigenvalue weighted by Gasteiger charge is 2.64. The molecule has 1 aromatic rings. The first-order valence-corrected chi connectivity index (χ1v) is 7.61. The zero-order valence-corrected chi connectivity index (χ0v) is 13.7. The van der Waals surface area contributed by atoms with Crippen molar-refractivity contribution in [3.63, 3.8) is 0 Å². The Morgan fingerprint density at radius 1 is 1.10 bits per heavy atom. The van der Waals surface area contributed by atoms with E-state index in [9.17, 15) is 0 Å². The van der Waals surface area contributed by atoms with Gasteiger partial charge >= 0.3 is 0 Å². The topological polar surface area (TPSA) is 49.8 Å². The summed E-state index contributed by atoms with van der Waals surface area (Å²) in [5, 5.41) is 6.72. The van der Waals surface area contributed by atoms with Crippen LogP contribution in [0.5, 0.6) is 0 Å². The Morgan fingerprint density at radius 3 is 2.20 bits per heavy atom. The van der Waals surface area contributed by atoms with Crippen molar-refractivity contribution < 1.29 is 0 Å². The van der Waals surface area contributed by atoms with Gasteiger partial charge in [-0.2, -0.15) is 0 Å². The third-order valence-corrected chi connectivity index (χ3v) is 5.48. The molecular formula is C16H28N4. The minimum absolute atomic E-state index is 0.407. The third-order valence-electron chi connectivity index (χ3n) is 5.48. The summed E-state index contributed by atoms with van der Waals surface area (Å²) in [4.78, 5) is 8.75. The van der Waals surface area contributed by atoms with Gasteiger partial charge in [0.1, 0.15) is 18.0 Å². The van der Waals surface area contributed by atoms with Gasteiger partial charge < -0.3 is 10.6 Å². The molecule has 0 amide bonds. The number of hydrogen-bond donors (Lipinski definition) is 2. The van der Waals surface area contributed by atoms with Crippen molar-refractivity contribution in [1.29, 1.82) is 0 Å². The Hall–Kier alpha value is -1.32. The van der Waals surface area contributed by atoms with Crippen LogP contribution in [0.25, 0.3) is 0 Å². The first-order chi connectivity index (χ1) is 9.36. The van der Waals surface area contributed by atoms with Crippen LogP contribution in [0.2, 0.25) is 0 Å². The van der Waals surface area contributed by atoms with Crippen molar-refractivity contribution in [2.75, 3.05) is 24.2 Å². The van der Waals surface area contributed by atoms with Crippen molar-refractivity contribution in [3.05, 3.63) is 11.9 Å². The Labute approximate surface area is 122 Å². The highest BCUT2D eigenvalue weighted by atomic mass is 15.1. The smallest absolute Gasteiger partial charge is 0.134 e. The summed E-state index contributed by atoms with van der Waals surface area (Å²) in [7, 11) is 1.92.